The van der Waals surface area contributed by atoms with Crippen LogP contribution in [-0.4, -0.2) is 56.1 Å². The number of ether oxygens (including phenoxy) is 2. The van der Waals surface area contributed by atoms with Gasteiger partial charge in [0.15, 0.2) is 0 Å². The first-order chi connectivity index (χ1) is 15.4. The molecule has 0 atom stereocenters. The Morgan fingerprint density at radius 2 is 1.97 bits per heavy atom. The Hall–Kier alpha value is -2.96. The van der Waals surface area contributed by atoms with Crippen molar-refractivity contribution in [1.29, 1.82) is 0 Å². The highest BCUT2D eigenvalue weighted by molar-refractivity contribution is 7.91. The van der Waals surface area contributed by atoms with Crippen LogP contribution in [0, 0.1) is 5.92 Å². The lowest BCUT2D eigenvalue weighted by molar-refractivity contribution is -0.121. The standard InChI is InChI=1S/C20H22N4O6S2/c1-28-14-5-6-15(16(12-14)29-2)19-22-23-20(30-19)21-18(25)13-7-9-24(10-8-13)32(26,27)17-4-3-11-31-17/h3-6,11-13H,7-10H2,1-2H3,(H,21,23,25). The first kappa shape index (κ1) is 22.2. The Morgan fingerprint density at radius 3 is 2.62 bits per heavy atom. The highest BCUT2D eigenvalue weighted by Crippen LogP contribution is 2.33. The van der Waals surface area contributed by atoms with Gasteiger partial charge in [0, 0.05) is 25.1 Å². The van der Waals surface area contributed by atoms with Gasteiger partial charge in [-0.3, -0.25) is 10.1 Å². The molecule has 0 saturated carbocycles. The van der Waals surface area contributed by atoms with E-state index >= 15 is 0 Å². The number of benzene rings is 1. The maximum atomic E-state index is 12.7. The molecule has 4 rings (SSSR count). The van der Waals surface area contributed by atoms with Gasteiger partial charge in [-0.2, -0.15) is 4.31 Å². The highest BCUT2D eigenvalue weighted by atomic mass is 32.2. The van der Waals surface area contributed by atoms with E-state index in [0.29, 0.717) is 34.1 Å². The molecule has 170 valence electrons. The molecule has 1 N–H and O–H groups in total. The second-order valence-corrected chi connectivity index (χ2v) is 10.2. The van der Waals surface area contributed by atoms with Crippen molar-refractivity contribution >= 4 is 33.3 Å². The normalized spacial score (nSPS) is 15.4. The summed E-state index contributed by atoms with van der Waals surface area (Å²) in [5.41, 5.74) is 0.563. The van der Waals surface area contributed by atoms with Crippen molar-refractivity contribution in [1.82, 2.24) is 14.5 Å². The number of sulfonamides is 1. The lowest BCUT2D eigenvalue weighted by Crippen LogP contribution is -2.41. The Bertz CT molecular complexity index is 1180. The van der Waals surface area contributed by atoms with Gasteiger partial charge >= 0.3 is 6.01 Å². The van der Waals surface area contributed by atoms with Gasteiger partial charge in [-0.25, -0.2) is 8.42 Å². The number of thiophene rings is 1. The minimum atomic E-state index is -3.51. The van der Waals surface area contributed by atoms with E-state index in [0.717, 1.165) is 0 Å². The molecule has 10 nitrogen and oxygen atoms in total. The Kier molecular flexibility index (Phi) is 6.44. The summed E-state index contributed by atoms with van der Waals surface area (Å²) in [6.45, 7) is 0.549. The predicted octanol–water partition coefficient (Wildman–Crippen LogP) is 2.85. The van der Waals surface area contributed by atoms with Crippen LogP contribution in [0.5, 0.6) is 11.5 Å². The van der Waals surface area contributed by atoms with Gasteiger partial charge in [0.1, 0.15) is 15.7 Å². The van der Waals surface area contributed by atoms with Gasteiger partial charge in [-0.05, 0) is 36.4 Å². The van der Waals surface area contributed by atoms with Crippen LogP contribution < -0.4 is 14.8 Å². The molecule has 1 aliphatic rings. The van der Waals surface area contributed by atoms with E-state index in [1.165, 1.54) is 22.8 Å². The van der Waals surface area contributed by atoms with Crippen molar-refractivity contribution in [3.05, 3.63) is 35.7 Å². The van der Waals surface area contributed by atoms with E-state index in [2.05, 4.69) is 15.5 Å². The molecular formula is C20H22N4O6S2. The maximum absolute atomic E-state index is 12.7. The van der Waals surface area contributed by atoms with Crippen molar-refractivity contribution in [3.63, 3.8) is 0 Å². The largest absolute Gasteiger partial charge is 0.497 e. The number of hydrogen-bond donors (Lipinski definition) is 1. The van der Waals surface area contributed by atoms with E-state index in [4.69, 9.17) is 13.9 Å². The third-order valence-electron chi connectivity index (χ3n) is 5.21. The SMILES string of the molecule is COc1ccc(-c2nnc(NC(=O)C3CCN(S(=O)(=O)c4cccs4)CC3)o2)c(OC)c1. The summed E-state index contributed by atoms with van der Waals surface area (Å²) >= 11 is 1.18. The van der Waals surface area contributed by atoms with Crippen molar-refractivity contribution in [3.8, 4) is 23.0 Å². The van der Waals surface area contributed by atoms with Crippen LogP contribution in [0.1, 0.15) is 12.8 Å². The summed E-state index contributed by atoms with van der Waals surface area (Å²) in [4.78, 5) is 12.7. The van der Waals surface area contributed by atoms with Gasteiger partial charge in [0.05, 0.1) is 19.8 Å². The van der Waals surface area contributed by atoms with E-state index in [-0.39, 0.29) is 36.8 Å². The minimum Gasteiger partial charge on any atom is -0.497 e. The number of piperidine rings is 1. The van der Waals surface area contributed by atoms with Gasteiger partial charge in [0.2, 0.25) is 5.91 Å². The van der Waals surface area contributed by atoms with E-state index in [1.807, 2.05) is 0 Å². The number of hydrogen-bond acceptors (Lipinski definition) is 9. The molecule has 0 unspecified atom stereocenters. The van der Waals surface area contributed by atoms with Crippen LogP contribution in [0.3, 0.4) is 0 Å². The monoisotopic (exact) mass is 478 g/mol. The van der Waals surface area contributed by atoms with Crippen molar-refractivity contribution in [2.75, 3.05) is 32.6 Å². The summed E-state index contributed by atoms with van der Waals surface area (Å²) in [7, 11) is -0.439. The lowest BCUT2D eigenvalue weighted by atomic mass is 9.97. The quantitative estimate of drug-likeness (QED) is 0.550. The van der Waals surface area contributed by atoms with Crippen LogP contribution in [-0.2, 0) is 14.8 Å². The Morgan fingerprint density at radius 1 is 1.19 bits per heavy atom. The molecule has 0 aliphatic carbocycles. The molecule has 0 radical (unpaired) electrons. The fourth-order valence-electron chi connectivity index (χ4n) is 3.46. The molecule has 1 fully saturated rings. The molecule has 12 heteroatoms. The molecule has 1 amide bonds. The third-order valence-corrected chi connectivity index (χ3v) is 8.48. The minimum absolute atomic E-state index is 0.0310. The number of anilines is 1. The number of aromatic nitrogens is 2. The fourth-order valence-corrected chi connectivity index (χ4v) is 6.08. The topological polar surface area (TPSA) is 124 Å². The van der Waals surface area contributed by atoms with Crippen LogP contribution in [0.4, 0.5) is 6.01 Å². The third kappa shape index (κ3) is 4.47. The summed E-state index contributed by atoms with van der Waals surface area (Å²) in [5.74, 6) is 0.665. The predicted molar refractivity (Wildman–Crippen MR) is 117 cm³/mol. The molecule has 3 aromatic rings. The average Bonchev–Trinajstić information content (AvgIpc) is 3.51. The second-order valence-electron chi connectivity index (χ2n) is 7.08. The zero-order valence-corrected chi connectivity index (χ0v) is 19.1. The summed E-state index contributed by atoms with van der Waals surface area (Å²) in [6, 6.07) is 8.41. The fraction of sp³-hybridized carbons (Fsp3) is 0.350. The van der Waals surface area contributed by atoms with Crippen LogP contribution >= 0.6 is 11.3 Å². The molecule has 32 heavy (non-hydrogen) atoms. The number of nitrogens with one attached hydrogen (secondary N) is 1. The van der Waals surface area contributed by atoms with E-state index in [9.17, 15) is 13.2 Å². The van der Waals surface area contributed by atoms with Gasteiger partial charge in [-0.1, -0.05) is 11.2 Å². The molecule has 2 aromatic heterocycles. The highest BCUT2D eigenvalue weighted by Gasteiger charge is 2.33. The summed E-state index contributed by atoms with van der Waals surface area (Å²) in [5, 5.41) is 12.2. The number of carbonyl (C=O) groups excluding carboxylic acids is 1. The first-order valence-corrected chi connectivity index (χ1v) is 12.1. The van der Waals surface area contributed by atoms with Crippen LogP contribution in [0.25, 0.3) is 11.5 Å². The zero-order valence-electron chi connectivity index (χ0n) is 17.5. The zero-order chi connectivity index (χ0) is 22.7. The van der Waals surface area contributed by atoms with Crippen molar-refractivity contribution in [2.45, 2.75) is 17.1 Å². The summed E-state index contributed by atoms with van der Waals surface area (Å²) < 4.78 is 43.1. The van der Waals surface area contributed by atoms with Gasteiger partial charge in [0.25, 0.3) is 15.9 Å². The maximum Gasteiger partial charge on any atom is 0.322 e. The Balaban J connectivity index is 1.38. The Labute approximate surface area is 189 Å². The molecule has 3 heterocycles. The number of methoxy groups -OCH3 is 2. The molecule has 0 bridgehead atoms. The average molecular weight is 479 g/mol. The lowest BCUT2D eigenvalue weighted by Gasteiger charge is -2.29. The van der Waals surface area contributed by atoms with E-state index < -0.39 is 10.0 Å². The van der Waals surface area contributed by atoms with E-state index in [1.54, 1.807) is 42.8 Å². The second kappa shape index (κ2) is 9.27. The van der Waals surface area contributed by atoms with Crippen molar-refractivity contribution in [2.24, 2.45) is 5.92 Å². The smallest absolute Gasteiger partial charge is 0.322 e. The molecule has 0 spiro atoms. The number of amides is 1. The number of nitrogens with zero attached hydrogens (tertiary/aromatic N) is 3. The number of carbonyl (C=O) groups is 1. The van der Waals surface area contributed by atoms with Crippen LogP contribution in [0.2, 0.25) is 0 Å². The molecule has 1 aliphatic heterocycles. The van der Waals surface area contributed by atoms with Gasteiger partial charge < -0.3 is 13.9 Å². The molecule has 1 aromatic carbocycles. The summed E-state index contributed by atoms with van der Waals surface area (Å²) in [6.07, 6.45) is 0.813. The van der Waals surface area contributed by atoms with Crippen molar-refractivity contribution < 1.29 is 27.1 Å². The first-order valence-electron chi connectivity index (χ1n) is 9.83. The van der Waals surface area contributed by atoms with Crippen LogP contribution in [0.15, 0.2) is 44.3 Å². The molecule has 1 saturated heterocycles. The van der Waals surface area contributed by atoms with Gasteiger partial charge in [-0.15, -0.1) is 16.4 Å². The number of rotatable bonds is 7. The molecular weight excluding hydrogens is 456 g/mol.